The zero-order chi connectivity index (χ0) is 12.1. The van der Waals surface area contributed by atoms with Crippen molar-refractivity contribution in [1.82, 2.24) is 14.9 Å². The van der Waals surface area contributed by atoms with Gasteiger partial charge in [-0.05, 0) is 6.92 Å². The Morgan fingerprint density at radius 1 is 1.62 bits per heavy atom. The standard InChI is InChI=1S/C10H15N3O3/c1-3-13-5-4-11-9(13)6-8(10(15)16)12-7(2)14/h4-5,8H,3,6H2,1-2H3,(H,12,14)(H,15,16). The summed E-state index contributed by atoms with van der Waals surface area (Å²) in [6, 6.07) is -0.926. The molecule has 0 saturated heterocycles. The van der Waals surface area contributed by atoms with E-state index in [9.17, 15) is 9.59 Å². The molecule has 0 fully saturated rings. The lowest BCUT2D eigenvalue weighted by molar-refractivity contribution is -0.141. The summed E-state index contributed by atoms with van der Waals surface area (Å²) in [4.78, 5) is 25.8. The van der Waals surface area contributed by atoms with Gasteiger partial charge in [-0.1, -0.05) is 0 Å². The Hall–Kier alpha value is -1.85. The number of hydrogen-bond acceptors (Lipinski definition) is 3. The Morgan fingerprint density at radius 3 is 2.81 bits per heavy atom. The van der Waals surface area contributed by atoms with Crippen molar-refractivity contribution in [2.75, 3.05) is 0 Å². The number of aromatic nitrogens is 2. The van der Waals surface area contributed by atoms with Gasteiger partial charge in [-0.25, -0.2) is 9.78 Å². The first kappa shape index (κ1) is 12.2. The molecule has 0 spiro atoms. The summed E-state index contributed by atoms with van der Waals surface area (Å²) in [6.07, 6.45) is 3.59. The summed E-state index contributed by atoms with van der Waals surface area (Å²) in [5.74, 6) is -0.758. The maximum Gasteiger partial charge on any atom is 0.326 e. The second kappa shape index (κ2) is 5.29. The van der Waals surface area contributed by atoms with Crippen LogP contribution in [0.15, 0.2) is 12.4 Å². The normalized spacial score (nSPS) is 12.1. The van der Waals surface area contributed by atoms with Crippen molar-refractivity contribution in [2.24, 2.45) is 0 Å². The van der Waals surface area contributed by atoms with Gasteiger partial charge in [0.05, 0.1) is 0 Å². The number of amides is 1. The van der Waals surface area contributed by atoms with Gasteiger partial charge in [-0.15, -0.1) is 0 Å². The second-order valence-corrected chi connectivity index (χ2v) is 3.42. The number of aryl methyl sites for hydroxylation is 1. The molecule has 1 amide bonds. The number of imidazole rings is 1. The predicted molar refractivity (Wildman–Crippen MR) is 56.8 cm³/mol. The Labute approximate surface area is 93.3 Å². The minimum Gasteiger partial charge on any atom is -0.480 e. The number of aliphatic carboxylic acids is 1. The van der Waals surface area contributed by atoms with Gasteiger partial charge in [-0.3, -0.25) is 4.79 Å². The first-order chi connectivity index (χ1) is 7.54. The Balaban J connectivity index is 2.75. The molecule has 1 aromatic rings. The molecule has 6 nitrogen and oxygen atoms in total. The van der Waals surface area contributed by atoms with E-state index in [1.54, 1.807) is 12.4 Å². The van der Waals surface area contributed by atoms with Crippen LogP contribution in [0.2, 0.25) is 0 Å². The van der Waals surface area contributed by atoms with Crippen LogP contribution in [0.25, 0.3) is 0 Å². The monoisotopic (exact) mass is 225 g/mol. The summed E-state index contributed by atoms with van der Waals surface area (Å²) in [7, 11) is 0. The van der Waals surface area contributed by atoms with Crippen LogP contribution < -0.4 is 5.32 Å². The van der Waals surface area contributed by atoms with E-state index >= 15 is 0 Å². The largest absolute Gasteiger partial charge is 0.480 e. The fourth-order valence-corrected chi connectivity index (χ4v) is 1.45. The number of nitrogens with zero attached hydrogens (tertiary/aromatic N) is 2. The van der Waals surface area contributed by atoms with Gasteiger partial charge >= 0.3 is 5.97 Å². The smallest absolute Gasteiger partial charge is 0.326 e. The molecule has 88 valence electrons. The van der Waals surface area contributed by atoms with Crippen molar-refractivity contribution >= 4 is 11.9 Å². The highest BCUT2D eigenvalue weighted by Gasteiger charge is 2.20. The van der Waals surface area contributed by atoms with Crippen molar-refractivity contribution in [2.45, 2.75) is 32.9 Å². The lowest BCUT2D eigenvalue weighted by Crippen LogP contribution is -2.41. The van der Waals surface area contributed by atoms with Gasteiger partial charge in [0.25, 0.3) is 0 Å². The van der Waals surface area contributed by atoms with Gasteiger partial charge in [0, 0.05) is 32.3 Å². The molecular formula is C10H15N3O3. The number of rotatable bonds is 5. The van der Waals surface area contributed by atoms with Gasteiger partial charge < -0.3 is 15.0 Å². The molecule has 1 heterocycles. The van der Waals surface area contributed by atoms with Crippen LogP contribution in [0, 0.1) is 0 Å². The molecule has 1 unspecified atom stereocenters. The van der Waals surface area contributed by atoms with Gasteiger partial charge in [0.15, 0.2) is 0 Å². The number of carboxylic acid groups (broad SMARTS) is 1. The molecule has 16 heavy (non-hydrogen) atoms. The summed E-state index contributed by atoms with van der Waals surface area (Å²) in [5.41, 5.74) is 0. The molecular weight excluding hydrogens is 210 g/mol. The fraction of sp³-hybridized carbons (Fsp3) is 0.500. The van der Waals surface area contributed by atoms with E-state index in [0.29, 0.717) is 5.82 Å². The number of hydrogen-bond donors (Lipinski definition) is 2. The molecule has 0 aliphatic rings. The van der Waals surface area contributed by atoms with Crippen LogP contribution in [-0.4, -0.2) is 32.6 Å². The van der Waals surface area contributed by atoms with Crippen LogP contribution in [0.5, 0.6) is 0 Å². The summed E-state index contributed by atoms with van der Waals surface area (Å²) in [5, 5.41) is 11.3. The Morgan fingerprint density at radius 2 is 2.31 bits per heavy atom. The molecule has 0 saturated carbocycles. The average Bonchev–Trinajstić information content (AvgIpc) is 2.63. The lowest BCUT2D eigenvalue weighted by atomic mass is 10.2. The number of carboxylic acids is 1. The number of carbonyl (C=O) groups is 2. The molecule has 0 aromatic carbocycles. The van der Waals surface area contributed by atoms with Crippen molar-refractivity contribution in [3.05, 3.63) is 18.2 Å². The van der Waals surface area contributed by atoms with Crippen LogP contribution in [0.1, 0.15) is 19.7 Å². The van der Waals surface area contributed by atoms with Crippen LogP contribution in [0.3, 0.4) is 0 Å². The summed E-state index contributed by atoms with van der Waals surface area (Å²) < 4.78 is 1.84. The van der Waals surface area contributed by atoms with E-state index < -0.39 is 12.0 Å². The van der Waals surface area contributed by atoms with E-state index in [2.05, 4.69) is 10.3 Å². The molecule has 0 aliphatic carbocycles. The first-order valence-corrected chi connectivity index (χ1v) is 5.04. The topological polar surface area (TPSA) is 84.2 Å². The molecule has 0 aliphatic heterocycles. The van der Waals surface area contributed by atoms with E-state index in [1.165, 1.54) is 6.92 Å². The molecule has 1 atom stereocenters. The Bertz CT molecular complexity index is 386. The fourth-order valence-electron chi connectivity index (χ4n) is 1.45. The van der Waals surface area contributed by atoms with Crippen LogP contribution >= 0.6 is 0 Å². The van der Waals surface area contributed by atoms with E-state index in [1.807, 2.05) is 11.5 Å². The lowest BCUT2D eigenvalue weighted by Gasteiger charge is -2.13. The average molecular weight is 225 g/mol. The minimum atomic E-state index is -1.05. The zero-order valence-corrected chi connectivity index (χ0v) is 9.30. The predicted octanol–water partition coefficient (Wildman–Crippen LogP) is 0.0348. The first-order valence-electron chi connectivity index (χ1n) is 5.04. The highest BCUT2D eigenvalue weighted by molar-refractivity contribution is 5.82. The van der Waals surface area contributed by atoms with Gasteiger partial charge in [0.2, 0.25) is 5.91 Å². The Kier molecular flexibility index (Phi) is 4.04. The molecule has 6 heteroatoms. The molecule has 2 N–H and O–H groups in total. The van der Waals surface area contributed by atoms with E-state index in [-0.39, 0.29) is 12.3 Å². The third-order valence-electron chi connectivity index (χ3n) is 2.20. The van der Waals surface area contributed by atoms with Crippen LogP contribution in [0.4, 0.5) is 0 Å². The molecule has 1 aromatic heterocycles. The number of nitrogens with one attached hydrogen (secondary N) is 1. The third kappa shape index (κ3) is 3.08. The maximum absolute atomic E-state index is 10.9. The van der Waals surface area contributed by atoms with E-state index in [0.717, 1.165) is 6.54 Å². The van der Waals surface area contributed by atoms with Gasteiger partial charge in [-0.2, -0.15) is 0 Å². The maximum atomic E-state index is 10.9. The molecule has 1 rings (SSSR count). The van der Waals surface area contributed by atoms with Gasteiger partial charge in [0.1, 0.15) is 11.9 Å². The SMILES string of the molecule is CCn1ccnc1CC(NC(C)=O)C(=O)O. The highest BCUT2D eigenvalue weighted by atomic mass is 16.4. The minimum absolute atomic E-state index is 0.190. The summed E-state index contributed by atoms with van der Waals surface area (Å²) >= 11 is 0. The van der Waals surface area contributed by atoms with Crippen LogP contribution in [-0.2, 0) is 22.6 Å². The zero-order valence-electron chi connectivity index (χ0n) is 9.30. The van der Waals surface area contributed by atoms with Crippen molar-refractivity contribution in [3.8, 4) is 0 Å². The van der Waals surface area contributed by atoms with Crippen molar-refractivity contribution < 1.29 is 14.7 Å². The summed E-state index contributed by atoms with van der Waals surface area (Å²) in [6.45, 7) is 3.96. The molecule has 0 radical (unpaired) electrons. The molecule has 0 bridgehead atoms. The van der Waals surface area contributed by atoms with Crippen molar-refractivity contribution in [3.63, 3.8) is 0 Å². The second-order valence-electron chi connectivity index (χ2n) is 3.42. The number of carbonyl (C=O) groups excluding carboxylic acids is 1. The van der Waals surface area contributed by atoms with E-state index in [4.69, 9.17) is 5.11 Å². The highest BCUT2D eigenvalue weighted by Crippen LogP contribution is 2.02. The van der Waals surface area contributed by atoms with Crippen molar-refractivity contribution in [1.29, 1.82) is 0 Å². The quantitative estimate of drug-likeness (QED) is 0.740. The third-order valence-corrected chi connectivity index (χ3v) is 2.20.